The Labute approximate surface area is 179 Å². The number of methoxy groups -OCH3 is 1. The molecular weight excluding hydrogens is 372 g/mol. The van der Waals surface area contributed by atoms with E-state index in [4.69, 9.17) is 4.74 Å². The van der Waals surface area contributed by atoms with Crippen LogP contribution in [0.2, 0.25) is 0 Å². The predicted octanol–water partition coefficient (Wildman–Crippen LogP) is 1.13. The molecule has 0 unspecified atom stereocenters. The van der Waals surface area contributed by atoms with Crippen LogP contribution in [0.25, 0.3) is 10.9 Å². The van der Waals surface area contributed by atoms with Crippen molar-refractivity contribution in [3.05, 3.63) is 60.3 Å². The summed E-state index contributed by atoms with van der Waals surface area (Å²) in [5, 5.41) is 1.39. The average molecular weight is 407 g/mol. The minimum atomic E-state index is 0.830. The number of piperazine rings is 1. The van der Waals surface area contributed by atoms with Crippen LogP contribution in [0.1, 0.15) is 18.4 Å². The lowest BCUT2D eigenvalue weighted by molar-refractivity contribution is -0.963. The number of aromatic amines is 1. The second-order valence-electron chi connectivity index (χ2n) is 8.88. The number of nitrogens with zero attached hydrogens (tertiary/aromatic N) is 1. The molecular formula is C25H34N4O+2. The molecule has 2 aromatic carbocycles. The number of para-hydroxylation sites is 3. The number of nitrogens with one attached hydrogen (secondary N) is 3. The van der Waals surface area contributed by atoms with Gasteiger partial charge in [-0.25, -0.2) is 0 Å². The van der Waals surface area contributed by atoms with Gasteiger partial charge in [-0.1, -0.05) is 30.3 Å². The summed E-state index contributed by atoms with van der Waals surface area (Å²) >= 11 is 0. The smallest absolute Gasteiger partial charge is 0.142 e. The molecule has 30 heavy (non-hydrogen) atoms. The first-order valence-electron chi connectivity index (χ1n) is 11.4. The third-order valence-electron chi connectivity index (χ3n) is 7.22. The lowest BCUT2D eigenvalue weighted by Gasteiger charge is -2.40. The van der Waals surface area contributed by atoms with Gasteiger partial charge in [0.15, 0.2) is 0 Å². The maximum absolute atomic E-state index is 5.57. The first kappa shape index (κ1) is 19.5. The van der Waals surface area contributed by atoms with Gasteiger partial charge >= 0.3 is 0 Å². The summed E-state index contributed by atoms with van der Waals surface area (Å²) in [5.74, 6) is 0.995. The number of piperidine rings is 1. The van der Waals surface area contributed by atoms with Gasteiger partial charge in [-0.2, -0.15) is 0 Å². The van der Waals surface area contributed by atoms with E-state index in [9.17, 15) is 0 Å². The molecule has 3 N–H and O–H groups in total. The molecule has 2 saturated heterocycles. The zero-order chi connectivity index (χ0) is 20.3. The van der Waals surface area contributed by atoms with Crippen LogP contribution in [0.4, 0.5) is 5.69 Å². The highest BCUT2D eigenvalue weighted by Gasteiger charge is 2.33. The Kier molecular flexibility index (Phi) is 5.65. The van der Waals surface area contributed by atoms with E-state index in [1.165, 1.54) is 61.2 Å². The monoisotopic (exact) mass is 406 g/mol. The van der Waals surface area contributed by atoms with Crippen LogP contribution in [0.15, 0.2) is 54.7 Å². The molecule has 1 aromatic heterocycles. The van der Waals surface area contributed by atoms with Gasteiger partial charge in [0.2, 0.25) is 0 Å². The normalized spacial score (nSPS) is 23.0. The molecule has 0 spiro atoms. The lowest BCUT2D eigenvalue weighted by atomic mass is 10.0. The fraction of sp³-hybridized carbons (Fsp3) is 0.440. The van der Waals surface area contributed by atoms with Crippen molar-refractivity contribution >= 4 is 16.6 Å². The number of hydrogen-bond donors (Lipinski definition) is 3. The fourth-order valence-electron chi connectivity index (χ4n) is 5.49. The van der Waals surface area contributed by atoms with Crippen LogP contribution in [-0.4, -0.2) is 57.4 Å². The van der Waals surface area contributed by atoms with Crippen molar-refractivity contribution in [1.29, 1.82) is 0 Å². The minimum absolute atomic E-state index is 0.830. The van der Waals surface area contributed by atoms with Crippen LogP contribution in [0, 0.1) is 0 Å². The Balaban J connectivity index is 1.13. The summed E-state index contributed by atoms with van der Waals surface area (Å²) in [6, 6.07) is 17.9. The first-order chi connectivity index (χ1) is 14.8. The highest BCUT2D eigenvalue weighted by Crippen LogP contribution is 2.27. The zero-order valence-corrected chi connectivity index (χ0v) is 18.0. The van der Waals surface area contributed by atoms with Crippen LogP contribution in [0.5, 0.6) is 5.75 Å². The second-order valence-corrected chi connectivity index (χ2v) is 8.88. The number of ether oxygens (including phenoxy) is 1. The van der Waals surface area contributed by atoms with Crippen LogP contribution >= 0.6 is 0 Å². The van der Waals surface area contributed by atoms with E-state index in [1.54, 1.807) is 12.0 Å². The summed E-state index contributed by atoms with van der Waals surface area (Å²) in [4.78, 5) is 9.48. The maximum Gasteiger partial charge on any atom is 0.142 e. The highest BCUT2D eigenvalue weighted by molar-refractivity contribution is 5.82. The highest BCUT2D eigenvalue weighted by atomic mass is 16.5. The van der Waals surface area contributed by atoms with E-state index in [0.717, 1.165) is 31.4 Å². The molecule has 0 aliphatic carbocycles. The molecule has 2 fully saturated rings. The fourth-order valence-corrected chi connectivity index (χ4v) is 5.49. The number of aromatic nitrogens is 1. The molecule has 5 heteroatoms. The topological polar surface area (TPSA) is 37.1 Å². The molecule has 0 amide bonds. The van der Waals surface area contributed by atoms with E-state index >= 15 is 0 Å². The molecule has 2 aliphatic heterocycles. The molecule has 5 rings (SSSR count). The Morgan fingerprint density at radius 1 is 0.967 bits per heavy atom. The Morgan fingerprint density at radius 2 is 1.70 bits per heavy atom. The van der Waals surface area contributed by atoms with Crippen LogP contribution < -0.4 is 19.4 Å². The van der Waals surface area contributed by atoms with Gasteiger partial charge in [0, 0.05) is 35.5 Å². The van der Waals surface area contributed by atoms with E-state index in [2.05, 4.69) is 64.6 Å². The third-order valence-corrected chi connectivity index (χ3v) is 7.22. The number of hydrogen-bond acceptors (Lipinski definition) is 2. The quantitative estimate of drug-likeness (QED) is 0.594. The summed E-state index contributed by atoms with van der Waals surface area (Å²) < 4.78 is 5.57. The van der Waals surface area contributed by atoms with Gasteiger partial charge in [-0.05, 0) is 18.2 Å². The molecule has 0 bridgehead atoms. The van der Waals surface area contributed by atoms with Crippen LogP contribution in [0.3, 0.4) is 0 Å². The van der Waals surface area contributed by atoms with Crippen molar-refractivity contribution in [2.45, 2.75) is 25.4 Å². The van der Waals surface area contributed by atoms with Crippen molar-refractivity contribution in [2.75, 3.05) is 51.3 Å². The van der Waals surface area contributed by atoms with Gasteiger partial charge in [-0.3, -0.25) is 0 Å². The SMILES string of the molecule is COc1ccccc1N1CC[NH+](C2CC[NH+](Cc3c[nH]c4ccccc34)CC2)CC1. The second kappa shape index (κ2) is 8.70. The summed E-state index contributed by atoms with van der Waals surface area (Å²) in [7, 11) is 1.77. The van der Waals surface area contributed by atoms with Gasteiger partial charge in [-0.15, -0.1) is 0 Å². The number of benzene rings is 2. The molecule has 3 heterocycles. The summed E-state index contributed by atoms with van der Waals surface area (Å²) in [6.07, 6.45) is 4.91. The minimum Gasteiger partial charge on any atom is -0.495 e. The lowest BCUT2D eigenvalue weighted by Crippen LogP contribution is -3.21. The van der Waals surface area contributed by atoms with Gasteiger partial charge < -0.3 is 24.4 Å². The van der Waals surface area contributed by atoms with Crippen LogP contribution in [-0.2, 0) is 6.54 Å². The van der Waals surface area contributed by atoms with Gasteiger partial charge in [0.05, 0.1) is 58.1 Å². The predicted molar refractivity (Wildman–Crippen MR) is 122 cm³/mol. The van der Waals surface area contributed by atoms with Crippen molar-refractivity contribution in [3.8, 4) is 5.75 Å². The molecule has 5 nitrogen and oxygen atoms in total. The Hall–Kier alpha value is -2.50. The number of H-pyrrole nitrogens is 1. The number of fused-ring (bicyclic) bond motifs is 1. The number of anilines is 1. The van der Waals surface area contributed by atoms with Gasteiger partial charge in [0.1, 0.15) is 12.3 Å². The Bertz CT molecular complexity index is 968. The van der Waals surface area contributed by atoms with E-state index in [0.29, 0.717) is 0 Å². The maximum atomic E-state index is 5.57. The zero-order valence-electron chi connectivity index (χ0n) is 18.0. The third kappa shape index (κ3) is 3.92. The average Bonchev–Trinajstić information content (AvgIpc) is 3.22. The van der Waals surface area contributed by atoms with E-state index < -0.39 is 0 Å². The van der Waals surface area contributed by atoms with Crippen molar-refractivity contribution in [2.24, 2.45) is 0 Å². The number of rotatable bonds is 5. The number of likely N-dealkylation sites (tertiary alicyclic amines) is 1. The molecule has 158 valence electrons. The Morgan fingerprint density at radius 3 is 2.50 bits per heavy atom. The van der Waals surface area contributed by atoms with Crippen molar-refractivity contribution in [1.82, 2.24) is 4.98 Å². The van der Waals surface area contributed by atoms with E-state index in [1.807, 2.05) is 4.90 Å². The van der Waals surface area contributed by atoms with E-state index in [-0.39, 0.29) is 0 Å². The first-order valence-corrected chi connectivity index (χ1v) is 11.4. The summed E-state index contributed by atoms with van der Waals surface area (Å²) in [5.41, 5.74) is 3.98. The molecule has 0 saturated carbocycles. The standard InChI is InChI=1S/C25H32N4O/c1-30-25-9-5-4-8-24(25)29-16-14-28(15-17-29)21-10-12-27(13-11-21)19-20-18-26-23-7-3-2-6-22(20)23/h2-9,18,21,26H,10-17,19H2,1H3/p+2. The molecule has 0 radical (unpaired) electrons. The van der Waals surface area contributed by atoms with Crippen molar-refractivity contribution < 1.29 is 14.5 Å². The molecule has 0 atom stereocenters. The largest absolute Gasteiger partial charge is 0.495 e. The summed E-state index contributed by atoms with van der Waals surface area (Å²) in [6.45, 7) is 8.46. The van der Waals surface area contributed by atoms with Crippen molar-refractivity contribution in [3.63, 3.8) is 0 Å². The molecule has 3 aromatic rings. The van der Waals surface area contributed by atoms with Gasteiger partial charge in [0.25, 0.3) is 0 Å². The number of quaternary nitrogens is 2. The molecule has 2 aliphatic rings.